The third kappa shape index (κ3) is 5.05. The second kappa shape index (κ2) is 8.67. The van der Waals surface area contributed by atoms with Crippen LogP contribution in [0.3, 0.4) is 0 Å². The molecule has 0 saturated heterocycles. The molecule has 16 heavy (non-hydrogen) atoms. The zero-order chi connectivity index (χ0) is 12.6. The van der Waals surface area contributed by atoms with E-state index in [1.807, 2.05) is 12.2 Å². The first kappa shape index (κ1) is 15.5. The molecule has 2 aliphatic carbocycles. The molecule has 0 nitrogen and oxygen atoms in total. The molecular weight excluding hydrogens is 228 g/mol. The fourth-order valence-corrected chi connectivity index (χ4v) is 1.50. The van der Waals surface area contributed by atoms with E-state index in [0.29, 0.717) is 5.92 Å². The van der Waals surface area contributed by atoms with E-state index >= 15 is 0 Å². The third-order valence-electron chi connectivity index (χ3n) is 2.82. The molecule has 0 radical (unpaired) electrons. The van der Waals surface area contributed by atoms with Crippen LogP contribution in [-0.2, 0) is 20.0 Å². The Hall–Kier alpha value is -0.456. The molecule has 1 heteroatoms. The Bertz CT molecular complexity index is 319. The molecule has 2 aliphatic rings. The first-order chi connectivity index (χ1) is 7.63. The molecule has 0 fully saturated rings. The van der Waals surface area contributed by atoms with Crippen LogP contribution in [0.5, 0.6) is 0 Å². The Labute approximate surface area is 112 Å². The summed E-state index contributed by atoms with van der Waals surface area (Å²) in [6.07, 6.45) is 13.4. The van der Waals surface area contributed by atoms with Gasteiger partial charge in [-0.05, 0) is 0 Å². The van der Waals surface area contributed by atoms with Crippen LogP contribution < -0.4 is 0 Å². The molecule has 0 N–H and O–H groups in total. The summed E-state index contributed by atoms with van der Waals surface area (Å²) >= 11 is 1.75. The van der Waals surface area contributed by atoms with Gasteiger partial charge in [-0.25, -0.2) is 17.7 Å². The van der Waals surface area contributed by atoms with E-state index in [4.69, 9.17) is 0 Å². The van der Waals surface area contributed by atoms with Crippen LogP contribution in [0.2, 0.25) is 0 Å². The third-order valence-corrected chi connectivity index (χ3v) is 2.82. The molecule has 0 aromatic rings. The van der Waals surface area contributed by atoms with Crippen LogP contribution in [-0.4, -0.2) is 4.82 Å². The number of rotatable bonds is 0. The molecule has 2 rings (SSSR count). The summed E-state index contributed by atoms with van der Waals surface area (Å²) in [6.45, 7) is 8.67. The van der Waals surface area contributed by atoms with Gasteiger partial charge in [0.1, 0.15) is 0 Å². The average molecular weight is 248 g/mol. The Kier molecular flexibility index (Phi) is 8.42. The number of hydrogen-bond donors (Lipinski definition) is 0. The zero-order valence-corrected chi connectivity index (χ0v) is 12.3. The van der Waals surface area contributed by atoms with Crippen molar-refractivity contribution in [1.29, 1.82) is 0 Å². The number of allylic oxidation sites excluding steroid dienone is 8. The summed E-state index contributed by atoms with van der Waals surface area (Å²) < 4.78 is 0. The normalized spacial score (nSPS) is 21.1. The Morgan fingerprint density at radius 2 is 1.94 bits per heavy atom. The topological polar surface area (TPSA) is 0 Å². The minimum absolute atomic E-state index is 0.560. The maximum atomic E-state index is 3.36. The van der Waals surface area contributed by atoms with Gasteiger partial charge in [0.25, 0.3) is 0 Å². The Morgan fingerprint density at radius 3 is 2.06 bits per heavy atom. The van der Waals surface area contributed by atoms with Gasteiger partial charge in [0, 0.05) is 0 Å². The summed E-state index contributed by atoms with van der Waals surface area (Å²) in [4.78, 5) is 3.25. The predicted molar refractivity (Wildman–Crippen MR) is 68.7 cm³/mol. The molecule has 0 spiro atoms. The predicted octanol–water partition coefficient (Wildman–Crippen LogP) is 3.99. The molecule has 1 atom stereocenters. The van der Waals surface area contributed by atoms with Gasteiger partial charge in [0.2, 0.25) is 0 Å². The molecular formula is C15H20Ti. The van der Waals surface area contributed by atoms with E-state index in [-0.39, 0.29) is 0 Å². The summed E-state index contributed by atoms with van der Waals surface area (Å²) in [7, 11) is 0. The van der Waals surface area contributed by atoms with Crippen LogP contribution in [0.1, 0.15) is 34.1 Å². The second-order valence-corrected chi connectivity index (χ2v) is 3.80. The first-order valence-electron chi connectivity index (χ1n) is 5.48. The molecule has 0 aromatic heterocycles. The fraction of sp³-hybridized carbons (Fsp3) is 0.400. The van der Waals surface area contributed by atoms with E-state index in [1.54, 1.807) is 20.0 Å². The second-order valence-electron chi connectivity index (χ2n) is 3.80. The van der Waals surface area contributed by atoms with Crippen molar-refractivity contribution in [3.05, 3.63) is 47.1 Å². The molecule has 0 aliphatic heterocycles. The van der Waals surface area contributed by atoms with Gasteiger partial charge in [0.05, 0.1) is 0 Å². The standard InChI is InChI=1S/C9H13.C5H5.CH2.Ti/c1-6-5-7(2)9(4)8(6)3;1-2-4-5-3-1;;/h6H,1-4H3;1-3H,4H2;1H2;/q2*-1;;+2. The van der Waals surface area contributed by atoms with Crippen LogP contribution in [0.15, 0.2) is 34.9 Å². The van der Waals surface area contributed by atoms with Gasteiger partial charge in [-0.15, -0.1) is 13.3 Å². The maximum absolute atomic E-state index is 3.36. The molecule has 0 heterocycles. The van der Waals surface area contributed by atoms with E-state index in [9.17, 15) is 0 Å². The van der Waals surface area contributed by atoms with Crippen molar-refractivity contribution in [2.24, 2.45) is 5.92 Å². The van der Waals surface area contributed by atoms with Crippen molar-refractivity contribution >= 4 is 4.82 Å². The first-order valence-corrected chi connectivity index (χ1v) is 6.58. The summed E-state index contributed by atoms with van der Waals surface area (Å²) in [5.41, 5.74) is 4.25. The monoisotopic (exact) mass is 248 g/mol. The Morgan fingerprint density at radius 1 is 1.31 bits per heavy atom. The van der Waals surface area contributed by atoms with Crippen molar-refractivity contribution in [1.82, 2.24) is 0 Å². The summed E-state index contributed by atoms with van der Waals surface area (Å²) in [6, 6.07) is 0. The Balaban J connectivity index is 0.000000272. The molecule has 84 valence electrons. The van der Waals surface area contributed by atoms with E-state index in [2.05, 4.69) is 50.7 Å². The van der Waals surface area contributed by atoms with Gasteiger partial charge >= 0.3 is 24.8 Å². The van der Waals surface area contributed by atoms with Crippen LogP contribution in [0.4, 0.5) is 0 Å². The fourth-order valence-electron chi connectivity index (χ4n) is 1.50. The van der Waals surface area contributed by atoms with E-state index < -0.39 is 0 Å². The van der Waals surface area contributed by atoms with Crippen molar-refractivity contribution in [2.45, 2.75) is 34.1 Å². The average Bonchev–Trinajstić information content (AvgIpc) is 2.93. The van der Waals surface area contributed by atoms with Gasteiger partial charge < -0.3 is 0 Å². The van der Waals surface area contributed by atoms with Crippen LogP contribution >= 0.6 is 0 Å². The summed E-state index contributed by atoms with van der Waals surface area (Å²) in [5.74, 6) is 0.560. The van der Waals surface area contributed by atoms with Crippen molar-refractivity contribution in [2.75, 3.05) is 0 Å². The summed E-state index contributed by atoms with van der Waals surface area (Å²) in [5, 5.41) is 0. The zero-order valence-electron chi connectivity index (χ0n) is 10.7. The van der Waals surface area contributed by atoms with Crippen molar-refractivity contribution in [3.63, 3.8) is 0 Å². The molecule has 0 bridgehead atoms. The molecule has 0 aromatic carbocycles. The molecule has 0 amide bonds. The molecule has 1 unspecified atom stereocenters. The van der Waals surface area contributed by atoms with E-state index in [1.165, 1.54) is 16.7 Å². The van der Waals surface area contributed by atoms with Gasteiger partial charge in [-0.1, -0.05) is 26.7 Å². The van der Waals surface area contributed by atoms with Gasteiger partial charge in [-0.2, -0.15) is 17.2 Å². The SMILES string of the molecule is CC1=[C-]C(C)C(C)=C1C.[C-]1=CC=CC1.[CH2]=[Ti+2]. The molecule has 0 saturated carbocycles. The van der Waals surface area contributed by atoms with Crippen molar-refractivity contribution in [3.8, 4) is 0 Å². The quantitative estimate of drug-likeness (QED) is 0.449. The van der Waals surface area contributed by atoms with E-state index in [0.717, 1.165) is 6.42 Å². The van der Waals surface area contributed by atoms with Crippen molar-refractivity contribution < 1.29 is 20.0 Å². The minimum atomic E-state index is 0.560. The van der Waals surface area contributed by atoms with Crippen LogP contribution in [0, 0.1) is 18.1 Å². The van der Waals surface area contributed by atoms with Gasteiger partial charge in [0.15, 0.2) is 0 Å². The van der Waals surface area contributed by atoms with Gasteiger partial charge in [-0.3, -0.25) is 12.2 Å². The van der Waals surface area contributed by atoms with Crippen LogP contribution in [0.25, 0.3) is 0 Å². The number of hydrogen-bond acceptors (Lipinski definition) is 0.